The lowest BCUT2D eigenvalue weighted by molar-refractivity contribution is -0.138. The molecule has 1 fully saturated rings. The molecule has 1 saturated heterocycles. The lowest BCUT2D eigenvalue weighted by Crippen LogP contribution is -2.61. The average Bonchev–Trinajstić information content (AvgIpc) is 2.25. The highest BCUT2D eigenvalue weighted by Gasteiger charge is 2.42. The molecule has 5 nitrogen and oxygen atoms in total. The Balaban J connectivity index is 2.89. The Labute approximate surface area is 110 Å². The molecule has 0 spiro atoms. The third-order valence-corrected chi connectivity index (χ3v) is 6.15. The summed E-state index contributed by atoms with van der Waals surface area (Å²) >= 11 is 0. The molecule has 18 heavy (non-hydrogen) atoms. The number of sulfone groups is 1. The minimum atomic E-state index is -3.07. The summed E-state index contributed by atoms with van der Waals surface area (Å²) in [5, 5.41) is -0.521. The lowest BCUT2D eigenvalue weighted by atomic mass is 9.94. The third kappa shape index (κ3) is 2.85. The van der Waals surface area contributed by atoms with Crippen LogP contribution >= 0.6 is 0 Å². The van der Waals surface area contributed by atoms with Gasteiger partial charge in [-0.15, -0.1) is 0 Å². The van der Waals surface area contributed by atoms with Gasteiger partial charge in [-0.2, -0.15) is 0 Å². The quantitative estimate of drug-likeness (QED) is 0.815. The van der Waals surface area contributed by atoms with Gasteiger partial charge in [0.05, 0.1) is 16.5 Å². The first-order valence-corrected chi connectivity index (χ1v) is 8.16. The Bertz CT molecular complexity index is 417. The van der Waals surface area contributed by atoms with Gasteiger partial charge >= 0.3 is 0 Å². The fourth-order valence-electron chi connectivity index (χ4n) is 2.41. The summed E-state index contributed by atoms with van der Waals surface area (Å²) < 4.78 is 23.5. The van der Waals surface area contributed by atoms with Crippen LogP contribution in [0.5, 0.6) is 0 Å². The minimum Gasteiger partial charge on any atom is -0.336 e. The zero-order valence-electron chi connectivity index (χ0n) is 11.6. The molecule has 0 bridgehead atoms. The topological polar surface area (TPSA) is 80.5 Å². The third-order valence-electron chi connectivity index (χ3n) is 3.87. The SMILES string of the molecule is CCCC(C)(N)C(=O)N1CCS(=O)(=O)C(C)C1C. The highest BCUT2D eigenvalue weighted by molar-refractivity contribution is 7.92. The van der Waals surface area contributed by atoms with Crippen LogP contribution in [0.4, 0.5) is 0 Å². The van der Waals surface area contributed by atoms with Crippen LogP contribution in [0.15, 0.2) is 0 Å². The number of carbonyl (C=O) groups excluding carboxylic acids is 1. The molecular formula is C12H24N2O3S. The molecule has 0 aromatic heterocycles. The summed E-state index contributed by atoms with van der Waals surface area (Å²) in [5.74, 6) is -0.106. The van der Waals surface area contributed by atoms with Crippen LogP contribution in [0, 0.1) is 0 Å². The number of nitrogens with two attached hydrogens (primary N) is 1. The van der Waals surface area contributed by atoms with Crippen LogP contribution in [0.3, 0.4) is 0 Å². The largest absolute Gasteiger partial charge is 0.336 e. The van der Waals surface area contributed by atoms with Crippen molar-refractivity contribution in [1.82, 2.24) is 4.90 Å². The first-order valence-electron chi connectivity index (χ1n) is 6.45. The second-order valence-electron chi connectivity index (χ2n) is 5.48. The van der Waals surface area contributed by atoms with Crippen molar-refractivity contribution >= 4 is 15.7 Å². The maximum atomic E-state index is 12.4. The maximum Gasteiger partial charge on any atom is 0.242 e. The zero-order chi connectivity index (χ0) is 14.1. The van der Waals surface area contributed by atoms with Crippen LogP contribution in [0.25, 0.3) is 0 Å². The second kappa shape index (κ2) is 5.17. The number of rotatable bonds is 3. The van der Waals surface area contributed by atoms with Crippen molar-refractivity contribution in [1.29, 1.82) is 0 Å². The van der Waals surface area contributed by atoms with E-state index >= 15 is 0 Å². The van der Waals surface area contributed by atoms with Gasteiger partial charge < -0.3 is 10.6 Å². The van der Waals surface area contributed by atoms with Crippen molar-refractivity contribution in [2.45, 2.75) is 57.4 Å². The van der Waals surface area contributed by atoms with Crippen LogP contribution in [-0.4, -0.2) is 48.4 Å². The van der Waals surface area contributed by atoms with Crippen LogP contribution in [0.1, 0.15) is 40.5 Å². The van der Waals surface area contributed by atoms with Crippen molar-refractivity contribution in [2.75, 3.05) is 12.3 Å². The van der Waals surface area contributed by atoms with Crippen LogP contribution < -0.4 is 5.73 Å². The highest BCUT2D eigenvalue weighted by Crippen LogP contribution is 2.23. The van der Waals surface area contributed by atoms with E-state index in [2.05, 4.69) is 0 Å². The zero-order valence-corrected chi connectivity index (χ0v) is 12.5. The Hall–Kier alpha value is -0.620. The van der Waals surface area contributed by atoms with Crippen LogP contribution in [-0.2, 0) is 14.6 Å². The first kappa shape index (κ1) is 15.4. The van der Waals surface area contributed by atoms with E-state index in [0.717, 1.165) is 6.42 Å². The van der Waals surface area contributed by atoms with Gasteiger partial charge in [-0.05, 0) is 27.2 Å². The lowest BCUT2D eigenvalue weighted by Gasteiger charge is -2.41. The summed E-state index contributed by atoms with van der Waals surface area (Å²) in [7, 11) is -3.07. The van der Waals surface area contributed by atoms with Gasteiger partial charge in [0.15, 0.2) is 9.84 Å². The van der Waals surface area contributed by atoms with Gasteiger partial charge in [-0.3, -0.25) is 4.79 Å². The van der Waals surface area contributed by atoms with E-state index < -0.39 is 20.6 Å². The van der Waals surface area contributed by atoms with Crippen molar-refractivity contribution in [3.63, 3.8) is 0 Å². The van der Waals surface area contributed by atoms with Gasteiger partial charge in [0.2, 0.25) is 5.91 Å². The molecule has 1 aliphatic heterocycles. The van der Waals surface area contributed by atoms with Crippen molar-refractivity contribution in [3.05, 3.63) is 0 Å². The van der Waals surface area contributed by atoms with Crippen LogP contribution in [0.2, 0.25) is 0 Å². The number of amides is 1. The summed E-state index contributed by atoms with van der Waals surface area (Å²) in [6.07, 6.45) is 1.44. The standard InChI is InChI=1S/C12H24N2O3S/c1-5-6-12(4,13)11(15)14-7-8-18(16,17)10(3)9(14)2/h9-10H,5-8,13H2,1-4H3. The molecule has 0 aromatic carbocycles. The van der Waals surface area contributed by atoms with E-state index in [9.17, 15) is 13.2 Å². The first-order chi connectivity index (χ1) is 8.13. The van der Waals surface area contributed by atoms with E-state index in [0.29, 0.717) is 6.42 Å². The number of hydrogen-bond acceptors (Lipinski definition) is 4. The Kier molecular flexibility index (Phi) is 4.43. The van der Waals surface area contributed by atoms with Gasteiger partial charge in [0.1, 0.15) is 0 Å². The second-order valence-corrected chi connectivity index (χ2v) is 7.96. The molecule has 1 rings (SSSR count). The molecule has 1 amide bonds. The summed E-state index contributed by atoms with van der Waals surface area (Å²) in [4.78, 5) is 14.0. The summed E-state index contributed by atoms with van der Waals surface area (Å²) in [5.41, 5.74) is 5.14. The van der Waals surface area contributed by atoms with Gasteiger partial charge in [0.25, 0.3) is 0 Å². The van der Waals surface area contributed by atoms with E-state index in [1.165, 1.54) is 0 Å². The molecule has 1 aliphatic rings. The molecular weight excluding hydrogens is 252 g/mol. The fourth-order valence-corrected chi connectivity index (χ4v) is 3.98. The molecule has 0 aromatic rings. The highest BCUT2D eigenvalue weighted by atomic mass is 32.2. The van der Waals surface area contributed by atoms with E-state index in [-0.39, 0.29) is 24.2 Å². The molecule has 6 heteroatoms. The van der Waals surface area contributed by atoms with Crippen molar-refractivity contribution in [2.24, 2.45) is 5.73 Å². The predicted octanol–water partition coefficient (Wildman–Crippen LogP) is 0.538. The van der Waals surface area contributed by atoms with E-state index in [1.54, 1.807) is 25.7 Å². The molecule has 106 valence electrons. The predicted molar refractivity (Wildman–Crippen MR) is 71.9 cm³/mol. The average molecular weight is 276 g/mol. The molecule has 2 N–H and O–H groups in total. The molecule has 1 heterocycles. The number of carbonyl (C=O) groups is 1. The van der Waals surface area contributed by atoms with Crippen molar-refractivity contribution in [3.8, 4) is 0 Å². The normalized spacial score (nSPS) is 30.8. The van der Waals surface area contributed by atoms with E-state index in [4.69, 9.17) is 5.73 Å². The Morgan fingerprint density at radius 3 is 2.50 bits per heavy atom. The number of nitrogens with zero attached hydrogens (tertiary/aromatic N) is 1. The fraction of sp³-hybridized carbons (Fsp3) is 0.917. The van der Waals surface area contributed by atoms with Gasteiger partial charge in [-0.25, -0.2) is 8.42 Å². The Morgan fingerprint density at radius 1 is 1.44 bits per heavy atom. The summed E-state index contributed by atoms with van der Waals surface area (Å²) in [6, 6.07) is -0.309. The minimum absolute atomic E-state index is 0.0342. The monoisotopic (exact) mass is 276 g/mol. The molecule has 0 aliphatic carbocycles. The van der Waals surface area contributed by atoms with Crippen molar-refractivity contribution < 1.29 is 13.2 Å². The van der Waals surface area contributed by atoms with Gasteiger partial charge in [0, 0.05) is 12.6 Å². The molecule has 3 atom stereocenters. The summed E-state index contributed by atoms with van der Waals surface area (Å²) in [6.45, 7) is 7.39. The smallest absolute Gasteiger partial charge is 0.242 e. The maximum absolute atomic E-state index is 12.4. The molecule has 3 unspecified atom stereocenters. The van der Waals surface area contributed by atoms with Gasteiger partial charge in [-0.1, -0.05) is 13.3 Å². The number of hydrogen-bond donors (Lipinski definition) is 1. The molecule has 0 radical (unpaired) electrons. The Morgan fingerprint density at radius 2 is 2.00 bits per heavy atom. The van der Waals surface area contributed by atoms with E-state index in [1.807, 2.05) is 6.92 Å². The molecule has 0 saturated carbocycles.